The molecule has 1 atom stereocenters. The number of ether oxygens (including phenoxy) is 1. The monoisotopic (exact) mass is 276 g/mol. The molecular formula is C16H24N2O2. The Bertz CT molecular complexity index is 474. The summed E-state index contributed by atoms with van der Waals surface area (Å²) in [4.78, 5) is 14.1. The van der Waals surface area contributed by atoms with Gasteiger partial charge in [-0.1, -0.05) is 12.1 Å². The van der Waals surface area contributed by atoms with Crippen LogP contribution in [0.3, 0.4) is 0 Å². The van der Waals surface area contributed by atoms with E-state index in [-0.39, 0.29) is 12.5 Å². The number of likely N-dealkylation sites (tertiary alicyclic amines) is 1. The summed E-state index contributed by atoms with van der Waals surface area (Å²) in [6.07, 6.45) is 1.08. The van der Waals surface area contributed by atoms with Gasteiger partial charge in [0.1, 0.15) is 5.75 Å². The summed E-state index contributed by atoms with van der Waals surface area (Å²) >= 11 is 0. The number of hydrogen-bond donors (Lipinski definition) is 1. The summed E-state index contributed by atoms with van der Waals surface area (Å²) < 4.78 is 5.68. The number of carbonyl (C=O) groups is 1. The molecule has 0 spiro atoms. The van der Waals surface area contributed by atoms with E-state index < -0.39 is 0 Å². The van der Waals surface area contributed by atoms with Gasteiger partial charge >= 0.3 is 0 Å². The van der Waals surface area contributed by atoms with Crippen LogP contribution in [-0.2, 0) is 4.79 Å². The number of benzene rings is 1. The van der Waals surface area contributed by atoms with Crippen molar-refractivity contribution in [1.82, 2.24) is 10.2 Å². The fourth-order valence-corrected chi connectivity index (χ4v) is 2.61. The lowest BCUT2D eigenvalue weighted by Crippen LogP contribution is -2.34. The quantitative estimate of drug-likeness (QED) is 0.891. The maximum Gasteiger partial charge on any atom is 0.260 e. The Kier molecular flexibility index (Phi) is 5.01. The Morgan fingerprint density at radius 2 is 2.25 bits per heavy atom. The van der Waals surface area contributed by atoms with Crippen molar-refractivity contribution >= 4 is 5.91 Å². The van der Waals surface area contributed by atoms with Crippen molar-refractivity contribution in [3.05, 3.63) is 29.3 Å². The van der Waals surface area contributed by atoms with E-state index in [0.717, 1.165) is 42.9 Å². The lowest BCUT2D eigenvalue weighted by atomic mass is 10.1. The highest BCUT2D eigenvalue weighted by atomic mass is 16.5. The lowest BCUT2D eigenvalue weighted by Gasteiger charge is -2.17. The van der Waals surface area contributed by atoms with Crippen LogP contribution in [0, 0.1) is 19.8 Å². The van der Waals surface area contributed by atoms with E-state index in [2.05, 4.69) is 5.32 Å². The highest BCUT2D eigenvalue weighted by Gasteiger charge is 2.25. The number of hydrogen-bond acceptors (Lipinski definition) is 3. The van der Waals surface area contributed by atoms with E-state index in [0.29, 0.717) is 5.92 Å². The van der Waals surface area contributed by atoms with Gasteiger partial charge in [0.2, 0.25) is 0 Å². The molecule has 1 saturated heterocycles. The molecule has 4 nitrogen and oxygen atoms in total. The van der Waals surface area contributed by atoms with E-state index >= 15 is 0 Å². The van der Waals surface area contributed by atoms with Crippen LogP contribution in [-0.4, -0.2) is 44.1 Å². The predicted octanol–water partition coefficient (Wildman–Crippen LogP) is 1.75. The van der Waals surface area contributed by atoms with Crippen LogP contribution in [0.5, 0.6) is 5.75 Å². The largest absolute Gasteiger partial charge is 0.483 e. The second-order valence-corrected chi connectivity index (χ2v) is 5.61. The second-order valence-electron chi connectivity index (χ2n) is 5.61. The number of rotatable bonds is 5. The third-order valence-corrected chi connectivity index (χ3v) is 3.83. The smallest absolute Gasteiger partial charge is 0.260 e. The van der Waals surface area contributed by atoms with Crippen LogP contribution in [0.1, 0.15) is 17.5 Å². The van der Waals surface area contributed by atoms with Gasteiger partial charge in [0.25, 0.3) is 5.91 Å². The van der Waals surface area contributed by atoms with Gasteiger partial charge in [-0.05, 0) is 57.0 Å². The van der Waals surface area contributed by atoms with Crippen LogP contribution in [0.25, 0.3) is 0 Å². The van der Waals surface area contributed by atoms with Crippen molar-refractivity contribution in [2.45, 2.75) is 20.3 Å². The normalized spacial score (nSPS) is 18.4. The maximum absolute atomic E-state index is 12.1. The SMILES string of the molecule is CNC[C@H]1CCN(C(=O)COc2cc(C)ccc2C)C1. The van der Waals surface area contributed by atoms with E-state index in [1.807, 2.05) is 44.0 Å². The van der Waals surface area contributed by atoms with Gasteiger partial charge < -0.3 is 15.0 Å². The molecule has 1 amide bonds. The van der Waals surface area contributed by atoms with Crippen LogP contribution >= 0.6 is 0 Å². The number of nitrogens with one attached hydrogen (secondary N) is 1. The number of nitrogens with zero attached hydrogens (tertiary/aromatic N) is 1. The first-order valence-electron chi connectivity index (χ1n) is 7.22. The van der Waals surface area contributed by atoms with Gasteiger partial charge in [-0.25, -0.2) is 0 Å². The van der Waals surface area contributed by atoms with E-state index in [1.54, 1.807) is 0 Å². The summed E-state index contributed by atoms with van der Waals surface area (Å²) in [6, 6.07) is 6.05. The number of aryl methyl sites for hydroxylation is 2. The van der Waals surface area contributed by atoms with Crippen LogP contribution in [0.4, 0.5) is 0 Å². The molecule has 0 radical (unpaired) electrons. The standard InChI is InChI=1S/C16H24N2O2/c1-12-4-5-13(2)15(8-12)20-11-16(19)18-7-6-14(10-18)9-17-3/h4-5,8,14,17H,6-7,9-11H2,1-3H3/t14-/m1/s1. The molecule has 1 aromatic rings. The molecule has 0 saturated carbocycles. The van der Waals surface area contributed by atoms with Crippen molar-refractivity contribution < 1.29 is 9.53 Å². The minimum atomic E-state index is 0.0875. The van der Waals surface area contributed by atoms with E-state index in [1.165, 1.54) is 0 Å². The fourth-order valence-electron chi connectivity index (χ4n) is 2.61. The van der Waals surface area contributed by atoms with Crippen molar-refractivity contribution in [3.8, 4) is 5.75 Å². The summed E-state index contributed by atoms with van der Waals surface area (Å²) in [5.41, 5.74) is 2.21. The first kappa shape index (κ1) is 14.9. The van der Waals surface area contributed by atoms with Gasteiger partial charge in [-0.3, -0.25) is 4.79 Å². The lowest BCUT2D eigenvalue weighted by molar-refractivity contribution is -0.132. The van der Waals surface area contributed by atoms with Crippen LogP contribution in [0.15, 0.2) is 18.2 Å². The van der Waals surface area contributed by atoms with E-state index in [9.17, 15) is 4.79 Å². The molecule has 0 bridgehead atoms. The molecule has 1 aliphatic rings. The molecular weight excluding hydrogens is 252 g/mol. The maximum atomic E-state index is 12.1. The Morgan fingerprint density at radius 3 is 3.00 bits per heavy atom. The summed E-state index contributed by atoms with van der Waals surface area (Å²) in [6.45, 7) is 6.82. The Hall–Kier alpha value is -1.55. The van der Waals surface area contributed by atoms with Crippen LogP contribution < -0.4 is 10.1 Å². The molecule has 1 aromatic carbocycles. The first-order valence-corrected chi connectivity index (χ1v) is 7.22. The molecule has 1 N–H and O–H groups in total. The van der Waals surface area contributed by atoms with Gasteiger partial charge in [0.05, 0.1) is 0 Å². The van der Waals surface area contributed by atoms with Crippen molar-refractivity contribution in [2.75, 3.05) is 33.3 Å². The zero-order valence-corrected chi connectivity index (χ0v) is 12.6. The van der Waals surface area contributed by atoms with E-state index in [4.69, 9.17) is 4.74 Å². The molecule has 1 aliphatic heterocycles. The zero-order valence-electron chi connectivity index (χ0n) is 12.6. The van der Waals surface area contributed by atoms with Gasteiger partial charge in [-0.2, -0.15) is 0 Å². The molecule has 1 fully saturated rings. The molecule has 20 heavy (non-hydrogen) atoms. The number of amides is 1. The Morgan fingerprint density at radius 1 is 1.45 bits per heavy atom. The third kappa shape index (κ3) is 3.73. The van der Waals surface area contributed by atoms with Crippen molar-refractivity contribution in [1.29, 1.82) is 0 Å². The van der Waals surface area contributed by atoms with Crippen molar-refractivity contribution in [2.24, 2.45) is 5.92 Å². The molecule has 2 rings (SSSR count). The van der Waals surface area contributed by atoms with Crippen LogP contribution in [0.2, 0.25) is 0 Å². The summed E-state index contributed by atoms with van der Waals surface area (Å²) in [5.74, 6) is 1.47. The molecule has 1 heterocycles. The summed E-state index contributed by atoms with van der Waals surface area (Å²) in [5, 5.41) is 3.17. The van der Waals surface area contributed by atoms with Crippen molar-refractivity contribution in [3.63, 3.8) is 0 Å². The number of carbonyl (C=O) groups excluding carboxylic acids is 1. The highest BCUT2D eigenvalue weighted by molar-refractivity contribution is 5.78. The molecule has 4 heteroatoms. The second kappa shape index (κ2) is 6.75. The minimum Gasteiger partial charge on any atom is -0.483 e. The Balaban J connectivity index is 1.85. The third-order valence-electron chi connectivity index (χ3n) is 3.83. The fraction of sp³-hybridized carbons (Fsp3) is 0.562. The first-order chi connectivity index (χ1) is 9.60. The minimum absolute atomic E-state index is 0.0875. The predicted molar refractivity (Wildman–Crippen MR) is 80.0 cm³/mol. The molecule has 0 aromatic heterocycles. The summed E-state index contributed by atoms with van der Waals surface area (Å²) in [7, 11) is 1.95. The average molecular weight is 276 g/mol. The van der Waals surface area contributed by atoms with Gasteiger partial charge in [0.15, 0.2) is 6.61 Å². The molecule has 0 aliphatic carbocycles. The topological polar surface area (TPSA) is 41.6 Å². The highest BCUT2D eigenvalue weighted by Crippen LogP contribution is 2.20. The zero-order chi connectivity index (χ0) is 14.5. The Labute approximate surface area is 121 Å². The molecule has 0 unspecified atom stereocenters. The van der Waals surface area contributed by atoms with Gasteiger partial charge in [-0.15, -0.1) is 0 Å². The molecule has 110 valence electrons. The van der Waals surface area contributed by atoms with Gasteiger partial charge in [0, 0.05) is 13.1 Å². The average Bonchev–Trinajstić information content (AvgIpc) is 2.88.